The van der Waals surface area contributed by atoms with Crippen molar-refractivity contribution in [3.05, 3.63) is 60.3 Å². The molecule has 1 heterocycles. The number of para-hydroxylation sites is 1. The first-order valence-corrected chi connectivity index (χ1v) is 7.81. The van der Waals surface area contributed by atoms with Gasteiger partial charge < -0.3 is 20.9 Å². The molecule has 0 aliphatic carbocycles. The number of anilines is 3. The molecular formula is C18H14ClF3N4O3. The molecule has 0 saturated carbocycles. The van der Waals surface area contributed by atoms with Crippen molar-refractivity contribution in [2.45, 2.75) is 6.36 Å². The smallest absolute Gasteiger partial charge is 0.478 e. The van der Waals surface area contributed by atoms with Crippen LogP contribution in [0.4, 0.5) is 30.6 Å². The number of carboxylic acids is 1. The van der Waals surface area contributed by atoms with Crippen LogP contribution in [-0.4, -0.2) is 27.4 Å². The van der Waals surface area contributed by atoms with E-state index in [4.69, 9.17) is 10.8 Å². The summed E-state index contributed by atoms with van der Waals surface area (Å²) in [6.07, 6.45) is -3.58. The van der Waals surface area contributed by atoms with Crippen LogP contribution in [0, 0.1) is 0 Å². The predicted octanol–water partition coefficient (Wildman–Crippen LogP) is 4.49. The van der Waals surface area contributed by atoms with Crippen LogP contribution in [0.15, 0.2) is 54.7 Å². The van der Waals surface area contributed by atoms with E-state index in [0.717, 1.165) is 0 Å². The van der Waals surface area contributed by atoms with Crippen LogP contribution in [0.1, 0.15) is 10.4 Å². The van der Waals surface area contributed by atoms with E-state index < -0.39 is 18.1 Å². The van der Waals surface area contributed by atoms with Gasteiger partial charge in [0.15, 0.2) is 0 Å². The van der Waals surface area contributed by atoms with Crippen LogP contribution in [0.2, 0.25) is 0 Å². The summed E-state index contributed by atoms with van der Waals surface area (Å²) in [7, 11) is 0. The number of carbonyl (C=O) groups is 1. The third kappa shape index (κ3) is 5.48. The first-order chi connectivity index (χ1) is 13.2. The van der Waals surface area contributed by atoms with E-state index >= 15 is 0 Å². The van der Waals surface area contributed by atoms with Gasteiger partial charge >= 0.3 is 12.3 Å². The number of benzene rings is 2. The van der Waals surface area contributed by atoms with Crippen molar-refractivity contribution in [1.82, 2.24) is 9.97 Å². The minimum atomic E-state index is -4.85. The molecule has 152 valence electrons. The maximum atomic E-state index is 12.6. The van der Waals surface area contributed by atoms with Crippen molar-refractivity contribution in [3.63, 3.8) is 0 Å². The lowest BCUT2D eigenvalue weighted by atomic mass is 10.1. The fourth-order valence-corrected chi connectivity index (χ4v) is 2.39. The summed E-state index contributed by atoms with van der Waals surface area (Å²) in [6, 6.07) is 11.3. The van der Waals surface area contributed by atoms with Crippen molar-refractivity contribution in [2.24, 2.45) is 0 Å². The third-order valence-electron chi connectivity index (χ3n) is 3.61. The Morgan fingerprint density at radius 2 is 1.72 bits per heavy atom. The van der Waals surface area contributed by atoms with Crippen molar-refractivity contribution < 1.29 is 27.8 Å². The number of rotatable bonds is 5. The van der Waals surface area contributed by atoms with Crippen LogP contribution in [0.3, 0.4) is 0 Å². The molecule has 0 spiro atoms. The predicted molar refractivity (Wildman–Crippen MR) is 102 cm³/mol. The van der Waals surface area contributed by atoms with Crippen LogP contribution in [-0.2, 0) is 0 Å². The van der Waals surface area contributed by atoms with Gasteiger partial charge in [0, 0.05) is 23.0 Å². The standard InChI is InChI=1S/C18H13F3N4O3.ClH/c19-18(20,21)28-14-4-2-1-3-12(14)13-9-23-17(25-15(13)22)24-11-7-5-10(6-8-11)16(26)27;/h1-9H,(H,26,27)(H3,22,23,24,25);1H. The molecule has 0 bridgehead atoms. The summed E-state index contributed by atoms with van der Waals surface area (Å²) in [5.74, 6) is -1.44. The second kappa shape index (κ2) is 8.65. The van der Waals surface area contributed by atoms with E-state index in [9.17, 15) is 18.0 Å². The molecule has 4 N–H and O–H groups in total. The van der Waals surface area contributed by atoms with Gasteiger partial charge in [-0.1, -0.05) is 18.2 Å². The summed E-state index contributed by atoms with van der Waals surface area (Å²) in [5.41, 5.74) is 6.79. The van der Waals surface area contributed by atoms with E-state index in [0.29, 0.717) is 5.69 Å². The largest absolute Gasteiger partial charge is 0.573 e. The second-order valence-corrected chi connectivity index (χ2v) is 5.54. The van der Waals surface area contributed by atoms with Crippen LogP contribution in [0.25, 0.3) is 11.1 Å². The molecule has 0 radical (unpaired) electrons. The number of aromatic nitrogens is 2. The normalized spacial score (nSPS) is 10.7. The van der Waals surface area contributed by atoms with E-state index in [2.05, 4.69) is 20.0 Å². The lowest BCUT2D eigenvalue weighted by Crippen LogP contribution is -2.17. The average Bonchev–Trinajstić information content (AvgIpc) is 2.62. The average molecular weight is 427 g/mol. The molecule has 3 rings (SSSR count). The fourth-order valence-electron chi connectivity index (χ4n) is 2.39. The van der Waals surface area contributed by atoms with Gasteiger partial charge in [-0.15, -0.1) is 25.6 Å². The SMILES string of the molecule is Cl.Nc1nc(Nc2ccc(C(=O)O)cc2)ncc1-c1ccccc1OC(F)(F)F. The lowest BCUT2D eigenvalue weighted by molar-refractivity contribution is -0.274. The van der Waals surface area contributed by atoms with Crippen molar-refractivity contribution in [3.8, 4) is 16.9 Å². The number of carboxylic acid groups (broad SMARTS) is 1. The van der Waals surface area contributed by atoms with E-state index in [1.165, 1.54) is 54.7 Å². The van der Waals surface area contributed by atoms with Crippen LogP contribution < -0.4 is 15.8 Å². The molecule has 0 atom stereocenters. The molecular weight excluding hydrogens is 413 g/mol. The Kier molecular flexibility index (Phi) is 6.49. The highest BCUT2D eigenvalue weighted by Gasteiger charge is 2.32. The first kappa shape index (κ1) is 21.8. The maximum Gasteiger partial charge on any atom is 0.573 e. The Balaban J connectivity index is 0.00000300. The monoisotopic (exact) mass is 426 g/mol. The van der Waals surface area contributed by atoms with Gasteiger partial charge in [-0.25, -0.2) is 9.78 Å². The number of ether oxygens (including phenoxy) is 1. The zero-order valence-electron chi connectivity index (χ0n) is 14.5. The minimum Gasteiger partial charge on any atom is -0.478 e. The summed E-state index contributed by atoms with van der Waals surface area (Å²) >= 11 is 0. The van der Waals surface area contributed by atoms with Gasteiger partial charge in [0.1, 0.15) is 11.6 Å². The number of hydrogen-bond donors (Lipinski definition) is 3. The van der Waals surface area contributed by atoms with Gasteiger partial charge in [-0.2, -0.15) is 4.98 Å². The Morgan fingerprint density at radius 3 is 2.31 bits per heavy atom. The van der Waals surface area contributed by atoms with Crippen LogP contribution >= 0.6 is 12.4 Å². The van der Waals surface area contributed by atoms with Gasteiger partial charge in [-0.3, -0.25) is 0 Å². The van der Waals surface area contributed by atoms with Gasteiger partial charge in [0.25, 0.3) is 0 Å². The number of alkyl halides is 3. The van der Waals surface area contributed by atoms with Crippen molar-refractivity contribution in [1.29, 1.82) is 0 Å². The van der Waals surface area contributed by atoms with Gasteiger partial charge in [-0.05, 0) is 30.3 Å². The third-order valence-corrected chi connectivity index (χ3v) is 3.61. The zero-order chi connectivity index (χ0) is 20.3. The number of hydrogen-bond acceptors (Lipinski definition) is 6. The molecule has 0 aliphatic rings. The van der Waals surface area contributed by atoms with E-state index in [1.807, 2.05) is 0 Å². The number of aromatic carboxylic acids is 1. The summed E-state index contributed by atoms with van der Waals surface area (Å²) in [5, 5.41) is 11.7. The second-order valence-electron chi connectivity index (χ2n) is 5.54. The number of nitrogens with zero attached hydrogens (tertiary/aromatic N) is 2. The number of nitrogens with one attached hydrogen (secondary N) is 1. The Bertz CT molecular complexity index is 1010. The molecule has 0 fully saturated rings. The first-order valence-electron chi connectivity index (χ1n) is 7.81. The van der Waals surface area contributed by atoms with E-state index in [1.54, 1.807) is 0 Å². The highest BCUT2D eigenvalue weighted by molar-refractivity contribution is 5.88. The van der Waals surface area contributed by atoms with Crippen LogP contribution in [0.5, 0.6) is 5.75 Å². The Labute approximate surface area is 168 Å². The number of nitrogens with two attached hydrogens (primary N) is 1. The number of halogens is 4. The molecule has 0 unspecified atom stereocenters. The van der Waals surface area contributed by atoms with E-state index in [-0.39, 0.29) is 40.9 Å². The molecule has 29 heavy (non-hydrogen) atoms. The molecule has 1 aromatic heterocycles. The molecule has 3 aromatic rings. The Morgan fingerprint density at radius 1 is 1.07 bits per heavy atom. The highest BCUT2D eigenvalue weighted by Crippen LogP contribution is 2.35. The fraction of sp³-hybridized carbons (Fsp3) is 0.0556. The summed E-state index contributed by atoms with van der Waals surface area (Å²) in [4.78, 5) is 19.0. The Hall–Kier alpha value is -3.53. The molecule has 11 heteroatoms. The molecule has 2 aromatic carbocycles. The molecule has 0 amide bonds. The molecule has 0 saturated heterocycles. The zero-order valence-corrected chi connectivity index (χ0v) is 15.3. The maximum absolute atomic E-state index is 12.6. The minimum absolute atomic E-state index is 0. The van der Waals surface area contributed by atoms with Gasteiger partial charge in [0.2, 0.25) is 5.95 Å². The topological polar surface area (TPSA) is 110 Å². The van der Waals surface area contributed by atoms with Gasteiger partial charge in [0.05, 0.1) is 5.56 Å². The quantitative estimate of drug-likeness (QED) is 0.551. The summed E-state index contributed by atoms with van der Waals surface area (Å²) in [6.45, 7) is 0. The van der Waals surface area contributed by atoms with Crippen molar-refractivity contribution in [2.75, 3.05) is 11.1 Å². The highest BCUT2D eigenvalue weighted by atomic mass is 35.5. The molecule has 7 nitrogen and oxygen atoms in total. The molecule has 0 aliphatic heterocycles. The summed E-state index contributed by atoms with van der Waals surface area (Å²) < 4.78 is 41.8. The number of nitrogen functional groups attached to an aromatic ring is 1. The van der Waals surface area contributed by atoms with Crippen molar-refractivity contribution >= 4 is 35.8 Å². The lowest BCUT2D eigenvalue weighted by Gasteiger charge is -2.14.